The van der Waals surface area contributed by atoms with E-state index in [1.54, 1.807) is 0 Å². The zero-order valence-electron chi connectivity index (χ0n) is 10.4. The molecule has 1 atom stereocenters. The number of pyridine rings is 1. The molecular formula is C13H21N3. The lowest BCUT2D eigenvalue weighted by Crippen LogP contribution is -2.52. The Morgan fingerprint density at radius 3 is 2.88 bits per heavy atom. The second-order valence-corrected chi connectivity index (χ2v) is 5.46. The van der Waals surface area contributed by atoms with Crippen molar-refractivity contribution in [3.05, 3.63) is 24.0 Å². The van der Waals surface area contributed by atoms with Crippen molar-refractivity contribution in [3.8, 4) is 0 Å². The molecule has 3 heteroatoms. The summed E-state index contributed by atoms with van der Waals surface area (Å²) in [5.74, 6) is 0. The molecule has 0 amide bonds. The molecule has 16 heavy (non-hydrogen) atoms. The predicted octanol–water partition coefficient (Wildman–Crippen LogP) is 1.95. The second-order valence-electron chi connectivity index (χ2n) is 5.46. The van der Waals surface area contributed by atoms with E-state index < -0.39 is 0 Å². The number of rotatable bonds is 1. The van der Waals surface area contributed by atoms with Crippen molar-refractivity contribution >= 4 is 5.69 Å². The van der Waals surface area contributed by atoms with Crippen molar-refractivity contribution in [2.75, 3.05) is 18.0 Å². The molecule has 1 aromatic rings. The molecule has 0 radical (unpaired) electrons. The van der Waals surface area contributed by atoms with Gasteiger partial charge in [-0.25, -0.2) is 0 Å². The Hall–Kier alpha value is -1.09. The number of hydrogen-bond donors (Lipinski definition) is 1. The van der Waals surface area contributed by atoms with Crippen molar-refractivity contribution in [1.29, 1.82) is 0 Å². The summed E-state index contributed by atoms with van der Waals surface area (Å²) in [4.78, 5) is 6.65. The molecule has 1 unspecified atom stereocenters. The van der Waals surface area contributed by atoms with Crippen LogP contribution in [-0.4, -0.2) is 24.1 Å². The lowest BCUT2D eigenvalue weighted by atomic mass is 9.79. The number of aromatic nitrogens is 1. The van der Waals surface area contributed by atoms with Crippen molar-refractivity contribution in [2.45, 2.75) is 33.2 Å². The van der Waals surface area contributed by atoms with Gasteiger partial charge in [-0.1, -0.05) is 13.8 Å². The number of aryl methyl sites for hydroxylation is 1. The second kappa shape index (κ2) is 4.06. The van der Waals surface area contributed by atoms with Gasteiger partial charge in [0.05, 0.1) is 0 Å². The molecule has 88 valence electrons. The van der Waals surface area contributed by atoms with Crippen LogP contribution in [0.1, 0.15) is 26.0 Å². The zero-order chi connectivity index (χ0) is 11.8. The summed E-state index contributed by atoms with van der Waals surface area (Å²) in [6.07, 6.45) is 2.95. The van der Waals surface area contributed by atoms with Crippen LogP contribution < -0.4 is 10.6 Å². The normalized spacial score (nSPS) is 24.5. The lowest BCUT2D eigenvalue weighted by Gasteiger charge is -2.43. The van der Waals surface area contributed by atoms with Crippen LogP contribution in [0.25, 0.3) is 0 Å². The van der Waals surface area contributed by atoms with Gasteiger partial charge >= 0.3 is 0 Å². The van der Waals surface area contributed by atoms with E-state index in [1.807, 2.05) is 13.1 Å². The third-order valence-corrected chi connectivity index (χ3v) is 3.56. The first-order valence-electron chi connectivity index (χ1n) is 5.92. The first-order valence-corrected chi connectivity index (χ1v) is 5.92. The first kappa shape index (κ1) is 11.4. The Labute approximate surface area is 97.7 Å². The molecule has 0 aliphatic carbocycles. The van der Waals surface area contributed by atoms with Crippen LogP contribution in [0.5, 0.6) is 0 Å². The maximum Gasteiger partial charge on any atom is 0.0399 e. The standard InChI is InChI=1S/C13H21N3/c1-10-8-11(4-6-15-10)16-7-5-12(14)13(2,3)9-16/h4,6,8,12H,5,7,9,14H2,1-3H3. The molecule has 0 spiro atoms. The monoisotopic (exact) mass is 219 g/mol. The summed E-state index contributed by atoms with van der Waals surface area (Å²) in [6.45, 7) is 8.60. The third-order valence-electron chi connectivity index (χ3n) is 3.56. The highest BCUT2D eigenvalue weighted by atomic mass is 15.2. The highest BCUT2D eigenvalue weighted by Crippen LogP contribution is 2.30. The Kier molecular flexibility index (Phi) is 2.89. The maximum absolute atomic E-state index is 6.14. The molecule has 2 rings (SSSR count). The van der Waals surface area contributed by atoms with Gasteiger partial charge in [-0.15, -0.1) is 0 Å². The maximum atomic E-state index is 6.14. The van der Waals surface area contributed by atoms with Gasteiger partial charge < -0.3 is 10.6 Å². The van der Waals surface area contributed by atoms with E-state index in [9.17, 15) is 0 Å². The SMILES string of the molecule is Cc1cc(N2CCC(N)C(C)(C)C2)ccn1. The number of piperidine rings is 1. The van der Waals surface area contributed by atoms with Crippen LogP contribution in [-0.2, 0) is 0 Å². The van der Waals surface area contributed by atoms with E-state index in [2.05, 4.69) is 35.9 Å². The van der Waals surface area contributed by atoms with Gasteiger partial charge in [-0.2, -0.15) is 0 Å². The first-order chi connectivity index (χ1) is 7.49. The average Bonchev–Trinajstić information content (AvgIpc) is 2.22. The van der Waals surface area contributed by atoms with Gasteiger partial charge in [0, 0.05) is 36.7 Å². The molecule has 0 saturated carbocycles. The van der Waals surface area contributed by atoms with E-state index >= 15 is 0 Å². The number of nitrogens with two attached hydrogens (primary N) is 1. The van der Waals surface area contributed by atoms with E-state index in [0.717, 1.165) is 25.2 Å². The molecule has 1 fully saturated rings. The molecular weight excluding hydrogens is 198 g/mol. The van der Waals surface area contributed by atoms with Crippen LogP contribution >= 0.6 is 0 Å². The molecule has 1 saturated heterocycles. The van der Waals surface area contributed by atoms with E-state index in [0.29, 0.717) is 6.04 Å². The number of anilines is 1. The molecule has 1 aromatic heterocycles. The van der Waals surface area contributed by atoms with Gasteiger partial charge in [0.1, 0.15) is 0 Å². The summed E-state index contributed by atoms with van der Waals surface area (Å²) < 4.78 is 0. The highest BCUT2D eigenvalue weighted by molar-refractivity contribution is 5.47. The van der Waals surface area contributed by atoms with Gasteiger partial charge in [0.25, 0.3) is 0 Å². The van der Waals surface area contributed by atoms with E-state index in [1.165, 1.54) is 5.69 Å². The predicted molar refractivity (Wildman–Crippen MR) is 67.6 cm³/mol. The zero-order valence-corrected chi connectivity index (χ0v) is 10.4. The molecule has 1 aliphatic heterocycles. The van der Waals surface area contributed by atoms with Crippen molar-refractivity contribution in [2.24, 2.45) is 11.1 Å². The summed E-state index contributed by atoms with van der Waals surface area (Å²) in [7, 11) is 0. The fourth-order valence-corrected chi connectivity index (χ4v) is 2.32. The summed E-state index contributed by atoms with van der Waals surface area (Å²) >= 11 is 0. The van der Waals surface area contributed by atoms with Gasteiger partial charge in [0.15, 0.2) is 0 Å². The molecule has 0 bridgehead atoms. The van der Waals surface area contributed by atoms with Gasteiger partial charge in [0.2, 0.25) is 0 Å². The minimum absolute atomic E-state index is 0.190. The van der Waals surface area contributed by atoms with Crippen molar-refractivity contribution in [1.82, 2.24) is 4.98 Å². The summed E-state index contributed by atoms with van der Waals surface area (Å²) in [5.41, 5.74) is 8.68. The Balaban J connectivity index is 2.18. The smallest absolute Gasteiger partial charge is 0.0399 e. The molecule has 0 aromatic carbocycles. The third kappa shape index (κ3) is 2.19. The van der Waals surface area contributed by atoms with Crippen molar-refractivity contribution < 1.29 is 0 Å². The van der Waals surface area contributed by atoms with Gasteiger partial charge in [-0.05, 0) is 30.9 Å². The molecule has 3 nitrogen and oxygen atoms in total. The number of nitrogens with zero attached hydrogens (tertiary/aromatic N) is 2. The summed E-state index contributed by atoms with van der Waals surface area (Å²) in [6, 6.07) is 4.54. The van der Waals surface area contributed by atoms with Crippen LogP contribution in [0.3, 0.4) is 0 Å². The van der Waals surface area contributed by atoms with E-state index in [-0.39, 0.29) is 5.41 Å². The van der Waals surface area contributed by atoms with Crippen LogP contribution in [0.4, 0.5) is 5.69 Å². The largest absolute Gasteiger partial charge is 0.371 e. The molecule has 1 aliphatic rings. The number of hydrogen-bond acceptors (Lipinski definition) is 3. The van der Waals surface area contributed by atoms with Crippen LogP contribution in [0, 0.1) is 12.3 Å². The minimum atomic E-state index is 0.190. The molecule has 2 N–H and O–H groups in total. The lowest BCUT2D eigenvalue weighted by molar-refractivity contribution is 0.245. The highest BCUT2D eigenvalue weighted by Gasteiger charge is 2.33. The Morgan fingerprint density at radius 1 is 1.50 bits per heavy atom. The summed E-state index contributed by atoms with van der Waals surface area (Å²) in [5, 5.41) is 0. The van der Waals surface area contributed by atoms with Crippen LogP contribution in [0.2, 0.25) is 0 Å². The van der Waals surface area contributed by atoms with E-state index in [4.69, 9.17) is 5.73 Å². The van der Waals surface area contributed by atoms with Gasteiger partial charge in [-0.3, -0.25) is 4.98 Å². The topological polar surface area (TPSA) is 42.1 Å². The van der Waals surface area contributed by atoms with Crippen molar-refractivity contribution in [3.63, 3.8) is 0 Å². The fourth-order valence-electron chi connectivity index (χ4n) is 2.32. The fraction of sp³-hybridized carbons (Fsp3) is 0.615. The average molecular weight is 219 g/mol. The minimum Gasteiger partial charge on any atom is -0.371 e. The van der Waals surface area contributed by atoms with Crippen LogP contribution in [0.15, 0.2) is 18.3 Å². The molecule has 2 heterocycles. The Morgan fingerprint density at radius 2 is 2.25 bits per heavy atom. The Bertz CT molecular complexity index is 373. The quantitative estimate of drug-likeness (QED) is 0.785.